The van der Waals surface area contributed by atoms with E-state index in [-0.39, 0.29) is 6.04 Å². The van der Waals surface area contributed by atoms with Gasteiger partial charge in [-0.3, -0.25) is 0 Å². The molecule has 1 unspecified atom stereocenters. The third-order valence-corrected chi connectivity index (χ3v) is 4.08. The second kappa shape index (κ2) is 9.09. The third-order valence-electron chi connectivity index (χ3n) is 4.08. The van der Waals surface area contributed by atoms with Crippen LogP contribution in [0.4, 0.5) is 5.69 Å². The second-order valence-electron chi connectivity index (χ2n) is 6.96. The van der Waals surface area contributed by atoms with Crippen LogP contribution in [0.2, 0.25) is 0 Å². The van der Waals surface area contributed by atoms with Crippen molar-refractivity contribution in [3.8, 4) is 0 Å². The summed E-state index contributed by atoms with van der Waals surface area (Å²) >= 11 is 0. The molecule has 0 saturated heterocycles. The maximum atomic E-state index is 6.10. The SMILES string of the molecule is CCC(N)c1ccc(N(CCC(C)C)CCC(C)C)cc1. The Hall–Kier alpha value is -1.02. The summed E-state index contributed by atoms with van der Waals surface area (Å²) in [6, 6.07) is 9.04. The van der Waals surface area contributed by atoms with Crippen molar-refractivity contribution < 1.29 is 0 Å². The van der Waals surface area contributed by atoms with Gasteiger partial charge in [-0.15, -0.1) is 0 Å². The lowest BCUT2D eigenvalue weighted by Gasteiger charge is -2.27. The summed E-state index contributed by atoms with van der Waals surface area (Å²) in [5, 5.41) is 0. The minimum atomic E-state index is 0.166. The van der Waals surface area contributed by atoms with Crippen molar-refractivity contribution in [1.82, 2.24) is 0 Å². The summed E-state index contributed by atoms with van der Waals surface area (Å²) < 4.78 is 0. The van der Waals surface area contributed by atoms with Gasteiger partial charge in [0.1, 0.15) is 0 Å². The van der Waals surface area contributed by atoms with Gasteiger partial charge in [0, 0.05) is 24.8 Å². The van der Waals surface area contributed by atoms with Gasteiger partial charge in [0.25, 0.3) is 0 Å². The molecule has 21 heavy (non-hydrogen) atoms. The van der Waals surface area contributed by atoms with Crippen LogP contribution in [-0.4, -0.2) is 13.1 Å². The van der Waals surface area contributed by atoms with Crippen LogP contribution >= 0.6 is 0 Å². The van der Waals surface area contributed by atoms with Crippen LogP contribution in [0, 0.1) is 11.8 Å². The molecule has 1 aromatic carbocycles. The molecule has 0 saturated carbocycles. The van der Waals surface area contributed by atoms with Crippen LogP contribution in [0.25, 0.3) is 0 Å². The molecule has 120 valence electrons. The normalized spacial score (nSPS) is 13.0. The highest BCUT2D eigenvalue weighted by molar-refractivity contribution is 5.48. The average molecular weight is 290 g/mol. The van der Waals surface area contributed by atoms with E-state index in [9.17, 15) is 0 Å². The summed E-state index contributed by atoms with van der Waals surface area (Å²) in [5.41, 5.74) is 8.68. The molecule has 0 heterocycles. The number of hydrogen-bond donors (Lipinski definition) is 1. The first-order valence-corrected chi connectivity index (χ1v) is 8.54. The van der Waals surface area contributed by atoms with Crippen molar-refractivity contribution in [1.29, 1.82) is 0 Å². The van der Waals surface area contributed by atoms with Gasteiger partial charge < -0.3 is 10.6 Å². The Bertz CT molecular complexity index is 369. The zero-order chi connectivity index (χ0) is 15.8. The van der Waals surface area contributed by atoms with Gasteiger partial charge in [0.2, 0.25) is 0 Å². The molecule has 2 N–H and O–H groups in total. The monoisotopic (exact) mass is 290 g/mol. The van der Waals surface area contributed by atoms with Crippen molar-refractivity contribution in [2.45, 2.75) is 59.9 Å². The number of rotatable bonds is 9. The maximum absolute atomic E-state index is 6.10. The number of nitrogens with two attached hydrogens (primary N) is 1. The fourth-order valence-electron chi connectivity index (χ4n) is 2.37. The average Bonchev–Trinajstić information content (AvgIpc) is 2.46. The highest BCUT2D eigenvalue weighted by atomic mass is 15.1. The lowest BCUT2D eigenvalue weighted by molar-refractivity contribution is 0.535. The third kappa shape index (κ3) is 6.52. The minimum absolute atomic E-state index is 0.166. The van der Waals surface area contributed by atoms with Gasteiger partial charge in [0.05, 0.1) is 0 Å². The molecule has 2 nitrogen and oxygen atoms in total. The van der Waals surface area contributed by atoms with E-state index in [0.717, 1.165) is 31.3 Å². The van der Waals surface area contributed by atoms with Gasteiger partial charge in [-0.25, -0.2) is 0 Å². The van der Waals surface area contributed by atoms with Crippen LogP contribution in [0.15, 0.2) is 24.3 Å². The minimum Gasteiger partial charge on any atom is -0.372 e. The molecule has 1 aromatic rings. The Kier molecular flexibility index (Phi) is 7.81. The fraction of sp³-hybridized carbons (Fsp3) is 0.684. The molecule has 0 spiro atoms. The summed E-state index contributed by atoms with van der Waals surface area (Å²) in [7, 11) is 0. The maximum Gasteiger partial charge on any atom is 0.0366 e. The van der Waals surface area contributed by atoms with Gasteiger partial charge >= 0.3 is 0 Å². The molecule has 0 aliphatic carbocycles. The van der Waals surface area contributed by atoms with Gasteiger partial charge in [0.15, 0.2) is 0 Å². The molecule has 0 aliphatic rings. The van der Waals surface area contributed by atoms with Crippen LogP contribution in [-0.2, 0) is 0 Å². The molecule has 0 bridgehead atoms. The molecule has 0 radical (unpaired) electrons. The zero-order valence-corrected chi connectivity index (χ0v) is 14.6. The van der Waals surface area contributed by atoms with Crippen LogP contribution in [0.5, 0.6) is 0 Å². The first-order chi connectivity index (χ1) is 9.93. The molecule has 2 heteroatoms. The van der Waals surface area contributed by atoms with Crippen LogP contribution < -0.4 is 10.6 Å². The molecular formula is C19H34N2. The molecule has 0 amide bonds. The van der Waals surface area contributed by atoms with Crippen LogP contribution in [0.1, 0.15) is 65.5 Å². The van der Waals surface area contributed by atoms with Crippen molar-refractivity contribution in [2.24, 2.45) is 17.6 Å². The quantitative estimate of drug-likeness (QED) is 0.694. The van der Waals surface area contributed by atoms with E-state index in [2.05, 4.69) is 63.8 Å². The van der Waals surface area contributed by atoms with E-state index in [1.165, 1.54) is 24.1 Å². The van der Waals surface area contributed by atoms with Crippen LogP contribution in [0.3, 0.4) is 0 Å². The Morgan fingerprint density at radius 1 is 0.905 bits per heavy atom. The molecule has 1 atom stereocenters. The van der Waals surface area contributed by atoms with E-state index in [1.54, 1.807) is 0 Å². The fourth-order valence-corrected chi connectivity index (χ4v) is 2.37. The Morgan fingerprint density at radius 2 is 1.38 bits per heavy atom. The largest absolute Gasteiger partial charge is 0.372 e. The van der Waals surface area contributed by atoms with Crippen molar-refractivity contribution >= 4 is 5.69 Å². The smallest absolute Gasteiger partial charge is 0.0366 e. The lowest BCUT2D eigenvalue weighted by Crippen LogP contribution is -2.27. The second-order valence-corrected chi connectivity index (χ2v) is 6.96. The van der Waals surface area contributed by atoms with Gasteiger partial charge in [-0.2, -0.15) is 0 Å². The first kappa shape index (κ1) is 18.0. The molecule has 0 fully saturated rings. The Morgan fingerprint density at radius 3 is 1.76 bits per heavy atom. The van der Waals surface area contributed by atoms with Gasteiger partial charge in [-0.1, -0.05) is 46.8 Å². The summed E-state index contributed by atoms with van der Waals surface area (Å²) in [4.78, 5) is 2.53. The predicted molar refractivity (Wildman–Crippen MR) is 94.8 cm³/mol. The summed E-state index contributed by atoms with van der Waals surface area (Å²) in [6.45, 7) is 13.6. The lowest BCUT2D eigenvalue weighted by atomic mass is 10.0. The summed E-state index contributed by atoms with van der Waals surface area (Å²) in [5.74, 6) is 1.50. The highest BCUT2D eigenvalue weighted by Crippen LogP contribution is 2.21. The van der Waals surface area contributed by atoms with Crippen molar-refractivity contribution in [3.05, 3.63) is 29.8 Å². The topological polar surface area (TPSA) is 29.3 Å². The van der Waals surface area contributed by atoms with E-state index < -0.39 is 0 Å². The number of hydrogen-bond acceptors (Lipinski definition) is 2. The van der Waals surface area contributed by atoms with Crippen molar-refractivity contribution in [2.75, 3.05) is 18.0 Å². The van der Waals surface area contributed by atoms with E-state index in [1.807, 2.05) is 0 Å². The molecule has 1 rings (SSSR count). The van der Waals surface area contributed by atoms with Gasteiger partial charge in [-0.05, 0) is 48.8 Å². The predicted octanol–water partition coefficient (Wildman–Crippen LogP) is 5.00. The molecule has 0 aromatic heterocycles. The number of benzene rings is 1. The summed E-state index contributed by atoms with van der Waals surface area (Å²) in [6.07, 6.45) is 3.48. The van der Waals surface area contributed by atoms with E-state index in [4.69, 9.17) is 5.73 Å². The molecular weight excluding hydrogens is 256 g/mol. The standard InChI is InChI=1S/C19H34N2/c1-6-19(20)17-7-9-18(10-8-17)21(13-11-15(2)3)14-12-16(4)5/h7-10,15-16,19H,6,11-14,20H2,1-5H3. The highest BCUT2D eigenvalue weighted by Gasteiger charge is 2.10. The van der Waals surface area contributed by atoms with Crippen molar-refractivity contribution in [3.63, 3.8) is 0 Å². The number of anilines is 1. The molecule has 0 aliphatic heterocycles. The Labute approximate surface area is 131 Å². The zero-order valence-electron chi connectivity index (χ0n) is 14.6. The van der Waals surface area contributed by atoms with E-state index in [0.29, 0.717) is 0 Å². The van der Waals surface area contributed by atoms with E-state index >= 15 is 0 Å². The Balaban J connectivity index is 2.75. The first-order valence-electron chi connectivity index (χ1n) is 8.54. The number of nitrogens with zero attached hydrogens (tertiary/aromatic N) is 1.